The van der Waals surface area contributed by atoms with Crippen molar-refractivity contribution in [1.82, 2.24) is 29.9 Å². The Bertz CT molecular complexity index is 1090. The number of amides is 1. The molecule has 3 aromatic rings. The van der Waals surface area contributed by atoms with Crippen LogP contribution in [0.2, 0.25) is 0 Å². The van der Waals surface area contributed by atoms with Gasteiger partial charge in [0, 0.05) is 35.6 Å². The molecule has 10 heteroatoms. The molecular weight excluding hydrogens is 389 g/mol. The van der Waals surface area contributed by atoms with Gasteiger partial charge in [0.15, 0.2) is 5.82 Å². The van der Waals surface area contributed by atoms with Crippen molar-refractivity contribution in [2.45, 2.75) is 63.3 Å². The van der Waals surface area contributed by atoms with Crippen molar-refractivity contribution in [3.05, 3.63) is 35.9 Å². The van der Waals surface area contributed by atoms with E-state index < -0.39 is 24.3 Å². The number of alkyl carbamates (subject to hydrolysis) is 1. The number of anilines is 2. The molecule has 2 fully saturated rings. The first-order valence-electron chi connectivity index (χ1n) is 10.2. The highest BCUT2D eigenvalue weighted by atomic mass is 19.1. The third-order valence-electron chi connectivity index (χ3n) is 5.90. The minimum absolute atomic E-state index is 0.185. The second-order valence-corrected chi connectivity index (χ2v) is 8.47. The number of carbonyl (C=O) groups excluding carboxylic acids is 1. The maximum atomic E-state index is 15.0. The van der Waals surface area contributed by atoms with Crippen LogP contribution in [0.15, 0.2) is 24.5 Å². The van der Waals surface area contributed by atoms with Crippen molar-refractivity contribution in [1.29, 1.82) is 0 Å². The van der Waals surface area contributed by atoms with Gasteiger partial charge in [0.2, 0.25) is 5.95 Å². The summed E-state index contributed by atoms with van der Waals surface area (Å²) in [5.74, 6) is 0.703. The Morgan fingerprint density at radius 1 is 1.40 bits per heavy atom. The zero-order valence-electron chi connectivity index (χ0n) is 16.9. The number of nitrogens with zero attached hydrogens (tertiary/aromatic N) is 4. The van der Waals surface area contributed by atoms with Crippen LogP contribution in [0.4, 0.5) is 21.0 Å². The molecule has 5 rings (SSSR count). The van der Waals surface area contributed by atoms with Crippen LogP contribution in [0.25, 0.3) is 5.65 Å². The second-order valence-electron chi connectivity index (χ2n) is 8.47. The number of aryl methyl sites for hydroxylation is 1. The summed E-state index contributed by atoms with van der Waals surface area (Å²) in [6.07, 6.45) is 3.89. The van der Waals surface area contributed by atoms with Gasteiger partial charge in [-0.2, -0.15) is 5.10 Å². The summed E-state index contributed by atoms with van der Waals surface area (Å²) in [4.78, 5) is 20.8. The summed E-state index contributed by atoms with van der Waals surface area (Å²) < 4.78 is 22.2. The number of hydrogen-bond donors (Lipinski definition) is 3. The highest BCUT2D eigenvalue weighted by Gasteiger charge is 2.43. The molecule has 0 bridgehead atoms. The molecule has 3 aromatic heterocycles. The molecule has 3 atom stereocenters. The van der Waals surface area contributed by atoms with Crippen molar-refractivity contribution in [3.8, 4) is 0 Å². The average Bonchev–Trinajstić information content (AvgIpc) is 3.03. The van der Waals surface area contributed by atoms with Crippen LogP contribution < -0.4 is 10.6 Å². The fourth-order valence-corrected chi connectivity index (χ4v) is 3.94. The van der Waals surface area contributed by atoms with Crippen molar-refractivity contribution in [2.75, 3.05) is 5.32 Å². The Labute approximate surface area is 172 Å². The number of carbonyl (C=O) groups is 1. The zero-order chi connectivity index (χ0) is 20.9. The fourth-order valence-electron chi connectivity index (χ4n) is 3.94. The molecule has 2 saturated carbocycles. The Balaban J connectivity index is 1.25. The summed E-state index contributed by atoms with van der Waals surface area (Å²) in [6.45, 7) is 3.87. The number of halogens is 1. The molecule has 0 unspecified atom stereocenters. The summed E-state index contributed by atoms with van der Waals surface area (Å²) in [5.41, 5.74) is 2.14. The minimum Gasteiger partial charge on any atom is -0.443 e. The number of fused-ring (bicyclic) bond motifs is 1. The number of aromatic amines is 1. The van der Waals surface area contributed by atoms with E-state index in [9.17, 15) is 9.18 Å². The quantitative estimate of drug-likeness (QED) is 0.592. The van der Waals surface area contributed by atoms with Gasteiger partial charge >= 0.3 is 6.09 Å². The SMILES string of the molecule is Cc1cn2c(Nc3cc([C@H]4CC[C@@H](OC(=O)NC5(C)CC5)[C@H]4F)[nH]n3)nccc2n1. The number of imidazole rings is 1. The number of H-pyrrole nitrogens is 1. The van der Waals surface area contributed by atoms with E-state index in [0.717, 1.165) is 24.2 Å². The van der Waals surface area contributed by atoms with Crippen LogP contribution in [0.5, 0.6) is 0 Å². The molecule has 2 aliphatic rings. The van der Waals surface area contributed by atoms with Crippen LogP contribution >= 0.6 is 0 Å². The summed E-state index contributed by atoms with van der Waals surface area (Å²) >= 11 is 0. The lowest BCUT2D eigenvalue weighted by Gasteiger charge is -2.19. The first-order chi connectivity index (χ1) is 14.4. The largest absolute Gasteiger partial charge is 0.443 e. The van der Waals surface area contributed by atoms with Crippen LogP contribution in [0.3, 0.4) is 0 Å². The molecule has 0 radical (unpaired) electrons. The van der Waals surface area contributed by atoms with Gasteiger partial charge in [-0.05, 0) is 45.6 Å². The lowest BCUT2D eigenvalue weighted by atomic mass is 10.0. The Morgan fingerprint density at radius 2 is 2.23 bits per heavy atom. The van der Waals surface area contributed by atoms with Gasteiger partial charge in [0.05, 0.1) is 5.69 Å². The molecule has 3 heterocycles. The number of hydrogen-bond acceptors (Lipinski definition) is 6. The molecule has 2 aliphatic carbocycles. The summed E-state index contributed by atoms with van der Waals surface area (Å²) in [6, 6.07) is 3.59. The smallest absolute Gasteiger partial charge is 0.407 e. The molecule has 30 heavy (non-hydrogen) atoms. The lowest BCUT2D eigenvalue weighted by Crippen LogP contribution is -2.38. The normalized spacial score (nSPS) is 24.7. The van der Waals surface area contributed by atoms with Crippen LogP contribution in [0.1, 0.15) is 49.9 Å². The van der Waals surface area contributed by atoms with E-state index in [-0.39, 0.29) is 5.54 Å². The Morgan fingerprint density at radius 3 is 3.03 bits per heavy atom. The van der Waals surface area contributed by atoms with Gasteiger partial charge in [-0.25, -0.2) is 19.2 Å². The highest BCUT2D eigenvalue weighted by molar-refractivity contribution is 5.69. The first-order valence-corrected chi connectivity index (χ1v) is 10.2. The molecule has 0 aromatic carbocycles. The Hall–Kier alpha value is -3.17. The van der Waals surface area contributed by atoms with Gasteiger partial charge in [0.25, 0.3) is 0 Å². The Kier molecular flexibility index (Phi) is 4.37. The van der Waals surface area contributed by atoms with E-state index in [4.69, 9.17) is 4.74 Å². The third-order valence-corrected chi connectivity index (χ3v) is 5.90. The number of aromatic nitrogens is 5. The van der Waals surface area contributed by atoms with Crippen molar-refractivity contribution in [3.63, 3.8) is 0 Å². The van der Waals surface area contributed by atoms with Gasteiger partial charge in [-0.1, -0.05) is 0 Å². The first kappa shape index (κ1) is 18.8. The minimum atomic E-state index is -1.28. The number of ether oxygens (including phenoxy) is 1. The summed E-state index contributed by atoms with van der Waals surface area (Å²) in [7, 11) is 0. The van der Waals surface area contributed by atoms with Crippen molar-refractivity contribution < 1.29 is 13.9 Å². The topological polar surface area (TPSA) is 109 Å². The van der Waals surface area contributed by atoms with Gasteiger partial charge < -0.3 is 15.4 Å². The van der Waals surface area contributed by atoms with E-state index in [1.807, 2.05) is 30.5 Å². The summed E-state index contributed by atoms with van der Waals surface area (Å²) in [5, 5.41) is 13.1. The zero-order valence-corrected chi connectivity index (χ0v) is 16.9. The van der Waals surface area contributed by atoms with E-state index in [1.165, 1.54) is 0 Å². The number of rotatable bonds is 5. The predicted octanol–water partition coefficient (Wildman–Crippen LogP) is 3.37. The number of nitrogens with one attached hydrogen (secondary N) is 3. The molecular formula is C20H24FN7O2. The highest BCUT2D eigenvalue weighted by Crippen LogP contribution is 2.39. The van der Waals surface area contributed by atoms with E-state index in [1.54, 1.807) is 12.3 Å². The van der Waals surface area contributed by atoms with Crippen molar-refractivity contribution >= 4 is 23.5 Å². The molecule has 0 aliphatic heterocycles. The van der Waals surface area contributed by atoms with E-state index in [2.05, 4.69) is 30.8 Å². The van der Waals surface area contributed by atoms with E-state index in [0.29, 0.717) is 30.3 Å². The van der Waals surface area contributed by atoms with Crippen LogP contribution in [0, 0.1) is 6.92 Å². The third kappa shape index (κ3) is 3.57. The standard InChI is InChI=1S/C20H24FN7O2/c1-11-10-28-16(23-11)5-8-22-18(28)24-15-9-13(26-27-15)12-3-4-14(17(12)21)30-19(29)25-20(2)6-7-20/h5,8-10,12,14,17H,3-4,6-7H2,1-2H3,(H,25,29)(H2,22,24,26,27)/t12-,14-,17+/m1/s1. The second kappa shape index (κ2) is 6.96. The molecule has 3 N–H and O–H groups in total. The maximum Gasteiger partial charge on any atom is 0.407 e. The molecule has 0 saturated heterocycles. The predicted molar refractivity (Wildman–Crippen MR) is 108 cm³/mol. The molecule has 158 valence electrons. The van der Waals surface area contributed by atoms with Gasteiger partial charge in [-0.3, -0.25) is 9.50 Å². The number of alkyl halides is 1. The fraction of sp³-hybridized carbons (Fsp3) is 0.500. The molecule has 1 amide bonds. The van der Waals surface area contributed by atoms with Crippen LogP contribution in [-0.2, 0) is 4.74 Å². The van der Waals surface area contributed by atoms with Crippen molar-refractivity contribution in [2.24, 2.45) is 0 Å². The molecule has 0 spiro atoms. The molecule has 9 nitrogen and oxygen atoms in total. The van der Waals surface area contributed by atoms with Crippen LogP contribution in [-0.4, -0.2) is 48.5 Å². The maximum absolute atomic E-state index is 15.0. The van der Waals surface area contributed by atoms with E-state index >= 15 is 0 Å². The van der Waals surface area contributed by atoms with Gasteiger partial charge in [0.1, 0.15) is 17.9 Å². The van der Waals surface area contributed by atoms with Gasteiger partial charge in [-0.15, -0.1) is 0 Å². The monoisotopic (exact) mass is 413 g/mol. The average molecular weight is 413 g/mol. The lowest BCUT2D eigenvalue weighted by molar-refractivity contribution is 0.0546.